The van der Waals surface area contributed by atoms with E-state index in [1.54, 1.807) is 12.1 Å². The van der Waals surface area contributed by atoms with Crippen LogP contribution in [0.1, 0.15) is 26.6 Å². The molecule has 0 radical (unpaired) electrons. The van der Waals surface area contributed by atoms with Crippen molar-refractivity contribution in [2.45, 2.75) is 26.2 Å². The van der Waals surface area contributed by atoms with Crippen LogP contribution in [0.25, 0.3) is 0 Å². The molecule has 0 unspecified atom stereocenters. The van der Waals surface area contributed by atoms with Gasteiger partial charge in [0.1, 0.15) is 23.2 Å². The third-order valence-corrected chi connectivity index (χ3v) is 3.15. The summed E-state index contributed by atoms with van der Waals surface area (Å²) in [5.41, 5.74) is 5.50. The average Bonchev–Trinajstić information content (AvgIpc) is 2.32. The van der Waals surface area contributed by atoms with Crippen molar-refractivity contribution in [2.75, 3.05) is 5.73 Å². The van der Waals surface area contributed by atoms with Gasteiger partial charge in [0.05, 0.1) is 4.47 Å². The number of anilines is 1. The summed E-state index contributed by atoms with van der Waals surface area (Å²) in [7, 11) is 0. The van der Waals surface area contributed by atoms with Gasteiger partial charge in [0.15, 0.2) is 0 Å². The van der Waals surface area contributed by atoms with E-state index in [-0.39, 0.29) is 5.41 Å². The van der Waals surface area contributed by atoms with Gasteiger partial charge in [-0.3, -0.25) is 0 Å². The molecule has 0 amide bonds. The van der Waals surface area contributed by atoms with Crippen molar-refractivity contribution in [1.29, 1.82) is 0 Å². The Morgan fingerprint density at radius 1 is 1.20 bits per heavy atom. The first-order chi connectivity index (χ1) is 9.25. The SMILES string of the molecule is CC(C)(C)c1nc(N)cc(Oc2ccc(Br)c(F)c2)n1. The van der Waals surface area contributed by atoms with Gasteiger partial charge >= 0.3 is 0 Å². The van der Waals surface area contributed by atoms with Gasteiger partial charge in [-0.15, -0.1) is 0 Å². The zero-order valence-electron chi connectivity index (χ0n) is 11.4. The van der Waals surface area contributed by atoms with E-state index in [4.69, 9.17) is 10.5 Å². The number of halogens is 2. The molecule has 4 nitrogen and oxygen atoms in total. The lowest BCUT2D eigenvalue weighted by molar-refractivity contribution is 0.443. The third kappa shape index (κ3) is 3.45. The van der Waals surface area contributed by atoms with Crippen molar-refractivity contribution in [3.05, 3.63) is 40.4 Å². The fourth-order valence-corrected chi connectivity index (χ4v) is 1.74. The Bertz CT molecular complexity index is 641. The highest BCUT2D eigenvalue weighted by atomic mass is 79.9. The molecule has 0 fully saturated rings. The Morgan fingerprint density at radius 2 is 1.90 bits per heavy atom. The Kier molecular flexibility index (Phi) is 3.94. The van der Waals surface area contributed by atoms with E-state index in [2.05, 4.69) is 25.9 Å². The molecule has 0 spiro atoms. The van der Waals surface area contributed by atoms with Gasteiger partial charge in [-0.1, -0.05) is 20.8 Å². The van der Waals surface area contributed by atoms with E-state index < -0.39 is 5.82 Å². The predicted octanol–water partition coefficient (Wildman–Crippen LogP) is 4.05. The van der Waals surface area contributed by atoms with E-state index in [0.29, 0.717) is 27.7 Å². The molecular formula is C14H15BrFN3O. The molecule has 2 rings (SSSR count). The minimum absolute atomic E-state index is 0.252. The van der Waals surface area contributed by atoms with Gasteiger partial charge < -0.3 is 10.5 Å². The summed E-state index contributed by atoms with van der Waals surface area (Å²) in [5, 5.41) is 0. The second-order valence-electron chi connectivity index (χ2n) is 5.38. The summed E-state index contributed by atoms with van der Waals surface area (Å²) < 4.78 is 19.4. The Hall–Kier alpha value is -1.69. The third-order valence-electron chi connectivity index (χ3n) is 2.51. The van der Waals surface area contributed by atoms with Crippen LogP contribution >= 0.6 is 15.9 Å². The van der Waals surface area contributed by atoms with Crippen LogP contribution in [-0.4, -0.2) is 9.97 Å². The summed E-state index contributed by atoms with van der Waals surface area (Å²) in [5.74, 6) is 1.14. The molecule has 2 aromatic rings. The highest BCUT2D eigenvalue weighted by Crippen LogP contribution is 2.27. The first-order valence-electron chi connectivity index (χ1n) is 6.03. The standard InChI is InChI=1S/C14H15BrFN3O/c1-14(2,3)13-18-11(17)7-12(19-13)20-8-4-5-9(15)10(16)6-8/h4-7H,1-3H3,(H2,17,18,19). The molecule has 106 valence electrons. The normalized spacial score (nSPS) is 11.4. The molecule has 1 aromatic carbocycles. The van der Waals surface area contributed by atoms with Crippen LogP contribution in [0.4, 0.5) is 10.2 Å². The number of rotatable bonds is 2. The summed E-state index contributed by atoms with van der Waals surface area (Å²) >= 11 is 3.09. The summed E-state index contributed by atoms with van der Waals surface area (Å²) in [6, 6.07) is 6.00. The molecule has 0 saturated heterocycles. The fourth-order valence-electron chi connectivity index (χ4n) is 1.49. The minimum Gasteiger partial charge on any atom is -0.439 e. The number of hydrogen-bond donors (Lipinski definition) is 1. The highest BCUT2D eigenvalue weighted by molar-refractivity contribution is 9.10. The maximum Gasteiger partial charge on any atom is 0.224 e. The zero-order chi connectivity index (χ0) is 14.9. The number of hydrogen-bond acceptors (Lipinski definition) is 4. The van der Waals surface area contributed by atoms with Crippen molar-refractivity contribution in [2.24, 2.45) is 0 Å². The van der Waals surface area contributed by atoms with E-state index in [9.17, 15) is 4.39 Å². The van der Waals surface area contributed by atoms with Crippen LogP contribution in [0.3, 0.4) is 0 Å². The van der Waals surface area contributed by atoms with Crippen molar-refractivity contribution >= 4 is 21.7 Å². The maximum absolute atomic E-state index is 13.4. The molecule has 6 heteroatoms. The molecule has 0 atom stereocenters. The second kappa shape index (κ2) is 5.36. The lowest BCUT2D eigenvalue weighted by Gasteiger charge is -2.17. The number of nitrogens with two attached hydrogens (primary N) is 1. The molecule has 20 heavy (non-hydrogen) atoms. The monoisotopic (exact) mass is 339 g/mol. The minimum atomic E-state index is -0.402. The molecule has 0 bridgehead atoms. The number of aromatic nitrogens is 2. The Balaban J connectivity index is 2.33. The van der Waals surface area contributed by atoms with Gasteiger partial charge in [0, 0.05) is 17.5 Å². The van der Waals surface area contributed by atoms with E-state index in [1.807, 2.05) is 20.8 Å². The first kappa shape index (κ1) is 14.7. The molecule has 2 N–H and O–H groups in total. The Labute approximate surface area is 125 Å². The fraction of sp³-hybridized carbons (Fsp3) is 0.286. The van der Waals surface area contributed by atoms with Gasteiger partial charge in [-0.05, 0) is 28.1 Å². The van der Waals surface area contributed by atoms with Crippen LogP contribution in [0.5, 0.6) is 11.6 Å². The summed E-state index contributed by atoms with van der Waals surface area (Å²) in [6.45, 7) is 5.93. The number of ether oxygens (including phenoxy) is 1. The van der Waals surface area contributed by atoms with Crippen LogP contribution in [0, 0.1) is 5.82 Å². The van der Waals surface area contributed by atoms with Crippen molar-refractivity contribution in [1.82, 2.24) is 9.97 Å². The smallest absolute Gasteiger partial charge is 0.224 e. The van der Waals surface area contributed by atoms with Crippen LogP contribution in [0.15, 0.2) is 28.7 Å². The maximum atomic E-state index is 13.4. The van der Waals surface area contributed by atoms with Crippen molar-refractivity contribution in [3.63, 3.8) is 0 Å². The van der Waals surface area contributed by atoms with Crippen molar-refractivity contribution < 1.29 is 9.13 Å². The van der Waals surface area contributed by atoms with E-state index in [1.165, 1.54) is 12.1 Å². The number of nitrogen functional groups attached to an aromatic ring is 1. The molecule has 1 aromatic heterocycles. The van der Waals surface area contributed by atoms with Gasteiger partial charge in [0.2, 0.25) is 5.88 Å². The highest BCUT2D eigenvalue weighted by Gasteiger charge is 2.19. The van der Waals surface area contributed by atoms with E-state index in [0.717, 1.165) is 0 Å². The number of nitrogens with zero attached hydrogens (tertiary/aromatic N) is 2. The first-order valence-corrected chi connectivity index (χ1v) is 6.83. The lowest BCUT2D eigenvalue weighted by atomic mass is 9.96. The second-order valence-corrected chi connectivity index (χ2v) is 6.24. The molecule has 0 saturated carbocycles. The van der Waals surface area contributed by atoms with Crippen molar-refractivity contribution in [3.8, 4) is 11.6 Å². The van der Waals surface area contributed by atoms with Crippen LogP contribution in [-0.2, 0) is 5.41 Å². The Morgan fingerprint density at radius 3 is 2.50 bits per heavy atom. The molecule has 1 heterocycles. The lowest BCUT2D eigenvalue weighted by Crippen LogP contribution is -2.17. The summed E-state index contributed by atoms with van der Waals surface area (Å²) in [4.78, 5) is 8.49. The van der Waals surface area contributed by atoms with E-state index >= 15 is 0 Å². The molecule has 0 aliphatic carbocycles. The largest absolute Gasteiger partial charge is 0.439 e. The average molecular weight is 340 g/mol. The number of benzene rings is 1. The van der Waals surface area contributed by atoms with Crippen LogP contribution < -0.4 is 10.5 Å². The molecule has 0 aliphatic rings. The molecule has 0 aliphatic heterocycles. The van der Waals surface area contributed by atoms with Crippen LogP contribution in [0.2, 0.25) is 0 Å². The summed E-state index contributed by atoms with van der Waals surface area (Å²) in [6.07, 6.45) is 0. The van der Waals surface area contributed by atoms with Gasteiger partial charge in [-0.25, -0.2) is 9.37 Å². The molecular weight excluding hydrogens is 325 g/mol. The quantitative estimate of drug-likeness (QED) is 0.896. The topological polar surface area (TPSA) is 61.0 Å². The zero-order valence-corrected chi connectivity index (χ0v) is 13.0. The van der Waals surface area contributed by atoms with Gasteiger partial charge in [-0.2, -0.15) is 4.98 Å². The van der Waals surface area contributed by atoms with Gasteiger partial charge in [0.25, 0.3) is 0 Å². The predicted molar refractivity (Wildman–Crippen MR) is 79.3 cm³/mol.